The number of aliphatic hydroxyl groups is 2. The van der Waals surface area contributed by atoms with Crippen LogP contribution in [-0.4, -0.2) is 44.9 Å². The highest BCUT2D eigenvalue weighted by molar-refractivity contribution is 8.00. The third-order valence-electron chi connectivity index (χ3n) is 5.65. The summed E-state index contributed by atoms with van der Waals surface area (Å²) in [6.07, 6.45) is 6.92. The normalized spacial score (nSPS) is 35.8. The number of rotatable bonds is 2. The summed E-state index contributed by atoms with van der Waals surface area (Å²) in [6.45, 7) is 1.91. The van der Waals surface area contributed by atoms with Crippen molar-refractivity contribution in [2.75, 3.05) is 0 Å². The predicted octanol–water partition coefficient (Wildman–Crippen LogP) is 3.66. The summed E-state index contributed by atoms with van der Waals surface area (Å²) in [5.41, 5.74) is 0. The summed E-state index contributed by atoms with van der Waals surface area (Å²) in [4.78, 5) is 13.4. The number of aromatic hydroxyl groups is 1. The van der Waals surface area contributed by atoms with Crippen molar-refractivity contribution in [1.82, 2.24) is 0 Å². The van der Waals surface area contributed by atoms with Gasteiger partial charge in [0.1, 0.15) is 5.75 Å². The van der Waals surface area contributed by atoms with Crippen LogP contribution in [0.4, 0.5) is 0 Å². The molecule has 28 heavy (non-hydrogen) atoms. The number of thioether (sulfide) groups is 1. The maximum absolute atomic E-state index is 12.5. The zero-order valence-electron chi connectivity index (χ0n) is 16.2. The number of hydrogen-bond donors (Lipinski definition) is 3. The highest BCUT2D eigenvalue weighted by atomic mass is 32.2. The third kappa shape index (κ3) is 5.75. The van der Waals surface area contributed by atoms with E-state index in [1.807, 2.05) is 6.92 Å². The van der Waals surface area contributed by atoms with Gasteiger partial charge in [0.05, 0.1) is 24.7 Å². The molecule has 1 saturated carbocycles. The fraction of sp³-hybridized carbons (Fsp3) is 0.591. The van der Waals surface area contributed by atoms with Gasteiger partial charge in [-0.2, -0.15) is 0 Å². The fourth-order valence-corrected chi connectivity index (χ4v) is 5.39. The Morgan fingerprint density at radius 1 is 1.14 bits per heavy atom. The first-order valence-corrected chi connectivity index (χ1v) is 11.0. The second kappa shape index (κ2) is 9.81. The summed E-state index contributed by atoms with van der Waals surface area (Å²) < 4.78 is 5.55. The molecule has 0 aromatic heterocycles. The van der Waals surface area contributed by atoms with Crippen LogP contribution in [0.1, 0.15) is 45.4 Å². The molecule has 0 bridgehead atoms. The van der Waals surface area contributed by atoms with E-state index in [0.29, 0.717) is 12.8 Å². The number of carbonyl (C=O) groups is 1. The molecule has 3 N–H and O–H groups in total. The molecule has 1 aliphatic carbocycles. The van der Waals surface area contributed by atoms with E-state index in [1.54, 1.807) is 24.3 Å². The Hall–Kier alpha value is -1.50. The van der Waals surface area contributed by atoms with Crippen LogP contribution in [-0.2, 0) is 9.53 Å². The Morgan fingerprint density at radius 2 is 1.89 bits per heavy atom. The van der Waals surface area contributed by atoms with E-state index in [0.717, 1.165) is 24.2 Å². The molecule has 0 spiro atoms. The third-order valence-corrected chi connectivity index (χ3v) is 6.94. The summed E-state index contributed by atoms with van der Waals surface area (Å²) in [5, 5.41) is 30.5. The molecule has 154 valence electrons. The lowest BCUT2D eigenvalue weighted by atomic mass is 9.87. The number of allylic oxidation sites excluding steroid dienone is 2. The molecule has 2 aliphatic rings. The van der Waals surface area contributed by atoms with E-state index in [9.17, 15) is 20.1 Å². The number of carbonyl (C=O) groups excluding carboxylic acids is 1. The van der Waals surface area contributed by atoms with Crippen LogP contribution in [0, 0.1) is 11.8 Å². The second-order valence-electron chi connectivity index (χ2n) is 7.96. The number of hydrogen-bond acceptors (Lipinski definition) is 6. The molecular weight excluding hydrogens is 376 g/mol. The van der Waals surface area contributed by atoms with Crippen molar-refractivity contribution in [3.8, 4) is 5.75 Å². The van der Waals surface area contributed by atoms with Gasteiger partial charge in [0.2, 0.25) is 0 Å². The van der Waals surface area contributed by atoms with Crippen LogP contribution >= 0.6 is 11.8 Å². The fourth-order valence-electron chi connectivity index (χ4n) is 4.19. The first kappa shape index (κ1) is 21.2. The quantitative estimate of drug-likeness (QED) is 0.513. The second-order valence-corrected chi connectivity index (χ2v) is 9.27. The standard InChI is InChI=1S/C22H30O5S/c1-14-5-3-2-4-6-15-11-17(24)12-19(15)22(26)20(13-21(25)27-14)28-18-9-7-16(23)8-10-18/h4,6-10,14-15,17,19-20,22-24,26H,2-3,5,11-13H2,1H3/b6-4+/t14-,15+,17-,19+,20+,22-/m0/s1. The lowest BCUT2D eigenvalue weighted by Crippen LogP contribution is -2.35. The van der Waals surface area contributed by atoms with Crippen LogP contribution in [0.15, 0.2) is 41.3 Å². The van der Waals surface area contributed by atoms with E-state index < -0.39 is 12.2 Å². The van der Waals surface area contributed by atoms with Gasteiger partial charge >= 0.3 is 5.97 Å². The minimum absolute atomic E-state index is 0.0909. The van der Waals surface area contributed by atoms with Crippen LogP contribution < -0.4 is 0 Å². The van der Waals surface area contributed by atoms with Crippen LogP contribution in [0.3, 0.4) is 0 Å². The van der Waals surface area contributed by atoms with Gasteiger partial charge in [-0.1, -0.05) is 12.2 Å². The topological polar surface area (TPSA) is 87.0 Å². The Bertz CT molecular complexity index is 674. The van der Waals surface area contributed by atoms with Gasteiger partial charge in [-0.3, -0.25) is 4.79 Å². The van der Waals surface area contributed by atoms with Crippen molar-refractivity contribution in [3.05, 3.63) is 36.4 Å². The highest BCUT2D eigenvalue weighted by Gasteiger charge is 2.40. The van der Waals surface area contributed by atoms with Crippen molar-refractivity contribution >= 4 is 17.7 Å². The summed E-state index contributed by atoms with van der Waals surface area (Å²) in [5.74, 6) is -0.101. The minimum Gasteiger partial charge on any atom is -0.508 e. The number of aliphatic hydroxyl groups excluding tert-OH is 2. The number of phenolic OH excluding ortho intramolecular Hbond substituents is 1. The number of cyclic esters (lactones) is 1. The Labute approximate surface area is 170 Å². The summed E-state index contributed by atoms with van der Waals surface area (Å²) in [6, 6.07) is 6.75. The molecule has 6 heteroatoms. The summed E-state index contributed by atoms with van der Waals surface area (Å²) >= 11 is 1.42. The molecule has 3 rings (SSSR count). The van der Waals surface area contributed by atoms with Crippen LogP contribution in [0.25, 0.3) is 0 Å². The molecule has 1 fully saturated rings. The first-order valence-electron chi connectivity index (χ1n) is 10.1. The van der Waals surface area contributed by atoms with Crippen molar-refractivity contribution < 1.29 is 24.9 Å². The maximum Gasteiger partial charge on any atom is 0.307 e. The zero-order chi connectivity index (χ0) is 20.1. The van der Waals surface area contributed by atoms with Gasteiger partial charge in [-0.25, -0.2) is 0 Å². The van der Waals surface area contributed by atoms with Gasteiger partial charge in [-0.15, -0.1) is 11.8 Å². The Morgan fingerprint density at radius 3 is 2.64 bits per heavy atom. The molecule has 1 aromatic rings. The molecule has 0 unspecified atom stereocenters. The lowest BCUT2D eigenvalue weighted by Gasteiger charge is -2.29. The maximum atomic E-state index is 12.5. The number of phenols is 1. The number of fused-ring (bicyclic) bond motifs is 1. The average Bonchev–Trinajstić information content (AvgIpc) is 3.02. The number of benzene rings is 1. The van der Waals surface area contributed by atoms with E-state index in [2.05, 4.69) is 12.2 Å². The van der Waals surface area contributed by atoms with E-state index >= 15 is 0 Å². The van der Waals surface area contributed by atoms with Crippen LogP contribution in [0.2, 0.25) is 0 Å². The van der Waals surface area contributed by atoms with Crippen molar-refractivity contribution in [2.45, 2.75) is 73.9 Å². The average molecular weight is 407 g/mol. The lowest BCUT2D eigenvalue weighted by molar-refractivity contribution is -0.149. The molecular formula is C22H30O5S. The molecule has 5 nitrogen and oxygen atoms in total. The van der Waals surface area contributed by atoms with Crippen LogP contribution in [0.5, 0.6) is 5.75 Å². The number of ether oxygens (including phenoxy) is 1. The van der Waals surface area contributed by atoms with Gasteiger partial charge in [0, 0.05) is 10.1 Å². The smallest absolute Gasteiger partial charge is 0.307 e. The minimum atomic E-state index is -0.741. The van der Waals surface area contributed by atoms with Crippen molar-refractivity contribution in [3.63, 3.8) is 0 Å². The van der Waals surface area contributed by atoms with E-state index in [-0.39, 0.29) is 41.3 Å². The van der Waals surface area contributed by atoms with E-state index in [1.165, 1.54) is 11.8 Å². The van der Waals surface area contributed by atoms with Crippen molar-refractivity contribution in [2.24, 2.45) is 11.8 Å². The zero-order valence-corrected chi connectivity index (χ0v) is 17.1. The highest BCUT2D eigenvalue weighted by Crippen LogP contribution is 2.41. The number of esters is 1. The largest absolute Gasteiger partial charge is 0.508 e. The van der Waals surface area contributed by atoms with Gasteiger partial charge in [0.15, 0.2) is 0 Å². The van der Waals surface area contributed by atoms with Gasteiger partial charge in [0.25, 0.3) is 0 Å². The molecule has 0 saturated heterocycles. The predicted molar refractivity (Wildman–Crippen MR) is 109 cm³/mol. The molecule has 0 amide bonds. The van der Waals surface area contributed by atoms with E-state index in [4.69, 9.17) is 4.74 Å². The Balaban J connectivity index is 1.83. The molecule has 6 atom stereocenters. The molecule has 1 aromatic carbocycles. The van der Waals surface area contributed by atoms with Gasteiger partial charge < -0.3 is 20.1 Å². The Kier molecular flexibility index (Phi) is 7.43. The SMILES string of the molecule is C[C@H]1CCC/C=C/[C@@H]2C[C@H](O)C[C@H]2[C@H](O)[C@H](Sc2ccc(O)cc2)CC(=O)O1. The molecule has 1 heterocycles. The van der Waals surface area contributed by atoms with Gasteiger partial charge in [-0.05, 0) is 75.1 Å². The van der Waals surface area contributed by atoms with Crippen molar-refractivity contribution in [1.29, 1.82) is 0 Å². The summed E-state index contributed by atoms with van der Waals surface area (Å²) in [7, 11) is 0. The monoisotopic (exact) mass is 406 g/mol. The molecule has 0 radical (unpaired) electrons. The first-order chi connectivity index (χ1) is 13.4. The molecule has 1 aliphatic heterocycles.